The number of halogens is 2. The molecule has 23 heavy (non-hydrogen) atoms. The van der Waals surface area contributed by atoms with Crippen molar-refractivity contribution >= 4 is 44.1 Å². The Kier molecular flexibility index (Phi) is 8.00. The SMILES string of the molecule is Cl.NCC1CCN(C(=O)CCCS(=O)(=O)c2ccc(Br)cc2)C1. The molecule has 1 aromatic carbocycles. The molecule has 1 saturated heterocycles. The molecule has 0 radical (unpaired) electrons. The molecule has 5 nitrogen and oxygen atoms in total. The van der Waals surface area contributed by atoms with Gasteiger partial charge in [-0.3, -0.25) is 4.79 Å². The van der Waals surface area contributed by atoms with Gasteiger partial charge in [-0.05, 0) is 49.6 Å². The summed E-state index contributed by atoms with van der Waals surface area (Å²) in [5.74, 6) is 0.409. The average Bonchev–Trinajstić information content (AvgIpc) is 2.96. The lowest BCUT2D eigenvalue weighted by molar-refractivity contribution is -0.130. The second-order valence-electron chi connectivity index (χ2n) is 5.61. The molecule has 1 amide bonds. The van der Waals surface area contributed by atoms with Crippen molar-refractivity contribution in [3.8, 4) is 0 Å². The fraction of sp³-hybridized carbons (Fsp3) is 0.533. The third-order valence-corrected chi connectivity index (χ3v) is 6.29. The van der Waals surface area contributed by atoms with E-state index in [1.54, 1.807) is 29.2 Å². The molecule has 0 saturated carbocycles. The van der Waals surface area contributed by atoms with Crippen LogP contribution in [0.5, 0.6) is 0 Å². The van der Waals surface area contributed by atoms with Gasteiger partial charge in [-0.1, -0.05) is 15.9 Å². The molecule has 0 aliphatic carbocycles. The maximum atomic E-state index is 12.2. The lowest BCUT2D eigenvalue weighted by Gasteiger charge is -2.16. The fourth-order valence-electron chi connectivity index (χ4n) is 2.58. The number of hydrogen-bond acceptors (Lipinski definition) is 4. The number of nitrogens with zero attached hydrogens (tertiary/aromatic N) is 1. The standard InChI is InChI=1S/C15H21BrN2O3S.ClH/c16-13-3-5-14(6-4-13)22(20,21)9-1-2-15(19)18-8-7-12(10-17)11-18;/h3-6,12H,1-2,7-11,17H2;1H. The summed E-state index contributed by atoms with van der Waals surface area (Å²) in [6.07, 6.45) is 1.56. The van der Waals surface area contributed by atoms with Crippen LogP contribution in [-0.2, 0) is 14.6 Å². The zero-order chi connectivity index (χ0) is 16.2. The number of nitrogens with two attached hydrogens (primary N) is 1. The minimum atomic E-state index is -3.32. The van der Waals surface area contributed by atoms with Crippen LogP contribution < -0.4 is 5.73 Å². The van der Waals surface area contributed by atoms with Crippen LogP contribution in [0, 0.1) is 5.92 Å². The monoisotopic (exact) mass is 424 g/mol. The van der Waals surface area contributed by atoms with Crippen molar-refractivity contribution in [1.29, 1.82) is 0 Å². The van der Waals surface area contributed by atoms with E-state index in [1.165, 1.54) is 0 Å². The Bertz CT molecular complexity index is 622. The lowest BCUT2D eigenvalue weighted by Crippen LogP contribution is -2.30. The lowest BCUT2D eigenvalue weighted by atomic mass is 10.1. The Morgan fingerprint density at radius 3 is 2.52 bits per heavy atom. The smallest absolute Gasteiger partial charge is 0.222 e. The van der Waals surface area contributed by atoms with Crippen LogP contribution >= 0.6 is 28.3 Å². The van der Waals surface area contributed by atoms with Crippen LogP contribution in [0.25, 0.3) is 0 Å². The van der Waals surface area contributed by atoms with Gasteiger partial charge < -0.3 is 10.6 Å². The largest absolute Gasteiger partial charge is 0.342 e. The van der Waals surface area contributed by atoms with Crippen LogP contribution in [0.2, 0.25) is 0 Å². The van der Waals surface area contributed by atoms with Crippen molar-refractivity contribution in [1.82, 2.24) is 4.90 Å². The number of likely N-dealkylation sites (tertiary alicyclic amines) is 1. The van der Waals surface area contributed by atoms with Crippen molar-refractivity contribution in [3.63, 3.8) is 0 Å². The summed E-state index contributed by atoms with van der Waals surface area (Å²) in [6, 6.07) is 6.56. The second kappa shape index (κ2) is 9.01. The molecule has 0 aromatic heterocycles. The summed E-state index contributed by atoms with van der Waals surface area (Å²) < 4.78 is 25.2. The van der Waals surface area contributed by atoms with Gasteiger partial charge in [-0.25, -0.2) is 8.42 Å². The van der Waals surface area contributed by atoms with E-state index < -0.39 is 9.84 Å². The van der Waals surface area contributed by atoms with E-state index in [4.69, 9.17) is 5.73 Å². The van der Waals surface area contributed by atoms with Crippen LogP contribution in [0.15, 0.2) is 33.6 Å². The zero-order valence-corrected chi connectivity index (χ0v) is 16.0. The van der Waals surface area contributed by atoms with E-state index in [9.17, 15) is 13.2 Å². The van der Waals surface area contributed by atoms with E-state index in [2.05, 4.69) is 15.9 Å². The first-order valence-electron chi connectivity index (χ1n) is 7.38. The summed E-state index contributed by atoms with van der Waals surface area (Å²) in [4.78, 5) is 14.2. The summed E-state index contributed by atoms with van der Waals surface area (Å²) in [7, 11) is -3.32. The van der Waals surface area contributed by atoms with Gasteiger partial charge in [0.25, 0.3) is 0 Å². The van der Waals surface area contributed by atoms with Crippen molar-refractivity contribution in [2.75, 3.05) is 25.4 Å². The predicted molar refractivity (Wildman–Crippen MR) is 96.4 cm³/mol. The molecule has 0 bridgehead atoms. The fourth-order valence-corrected chi connectivity index (χ4v) is 4.16. The van der Waals surface area contributed by atoms with Crippen molar-refractivity contribution < 1.29 is 13.2 Å². The Hall–Kier alpha value is -0.630. The number of hydrogen-bond donors (Lipinski definition) is 1. The van der Waals surface area contributed by atoms with Gasteiger partial charge in [0.2, 0.25) is 5.91 Å². The summed E-state index contributed by atoms with van der Waals surface area (Å²) >= 11 is 3.28. The highest BCUT2D eigenvalue weighted by molar-refractivity contribution is 9.10. The van der Waals surface area contributed by atoms with Crippen LogP contribution in [0.1, 0.15) is 19.3 Å². The number of carbonyl (C=O) groups excluding carboxylic acids is 1. The molecule has 1 heterocycles. The van der Waals surface area contributed by atoms with Gasteiger partial charge >= 0.3 is 0 Å². The first-order valence-corrected chi connectivity index (χ1v) is 9.83. The molecule has 1 aromatic rings. The number of rotatable bonds is 6. The Labute approximate surface area is 152 Å². The number of benzene rings is 1. The number of amides is 1. The average molecular weight is 426 g/mol. The summed E-state index contributed by atoms with van der Waals surface area (Å²) in [5.41, 5.74) is 5.61. The van der Waals surface area contributed by atoms with E-state index in [0.29, 0.717) is 30.3 Å². The van der Waals surface area contributed by atoms with Gasteiger partial charge in [-0.15, -0.1) is 12.4 Å². The first-order chi connectivity index (χ1) is 10.4. The quantitative estimate of drug-likeness (QED) is 0.758. The van der Waals surface area contributed by atoms with Crippen molar-refractivity contribution in [3.05, 3.63) is 28.7 Å². The second-order valence-corrected chi connectivity index (χ2v) is 8.63. The molecule has 2 N–H and O–H groups in total. The van der Waals surface area contributed by atoms with Crippen LogP contribution in [-0.4, -0.2) is 44.6 Å². The minimum absolute atomic E-state index is 0. The van der Waals surface area contributed by atoms with Crippen LogP contribution in [0.3, 0.4) is 0 Å². The van der Waals surface area contributed by atoms with E-state index in [-0.39, 0.29) is 30.5 Å². The van der Waals surface area contributed by atoms with Gasteiger partial charge in [-0.2, -0.15) is 0 Å². The Morgan fingerprint density at radius 1 is 1.30 bits per heavy atom. The maximum Gasteiger partial charge on any atom is 0.222 e. The number of carbonyl (C=O) groups is 1. The maximum absolute atomic E-state index is 12.2. The van der Waals surface area contributed by atoms with Gasteiger partial charge in [0.05, 0.1) is 10.6 Å². The van der Waals surface area contributed by atoms with E-state index in [1.807, 2.05) is 0 Å². The molecular weight excluding hydrogens is 404 g/mol. The highest BCUT2D eigenvalue weighted by Gasteiger charge is 2.25. The van der Waals surface area contributed by atoms with Crippen molar-refractivity contribution in [2.45, 2.75) is 24.2 Å². The third-order valence-electron chi connectivity index (χ3n) is 3.95. The Morgan fingerprint density at radius 2 is 1.96 bits per heavy atom. The molecule has 8 heteroatoms. The molecule has 130 valence electrons. The number of sulfone groups is 1. The molecule has 1 atom stereocenters. The normalized spacial score (nSPS) is 17.8. The predicted octanol–water partition coefficient (Wildman–Crippen LogP) is 2.23. The van der Waals surface area contributed by atoms with Crippen LogP contribution in [0.4, 0.5) is 0 Å². The van der Waals surface area contributed by atoms with Gasteiger partial charge in [0.15, 0.2) is 9.84 Å². The highest BCUT2D eigenvalue weighted by Crippen LogP contribution is 2.19. The third kappa shape index (κ3) is 5.74. The first kappa shape index (κ1) is 20.4. The minimum Gasteiger partial charge on any atom is -0.342 e. The van der Waals surface area contributed by atoms with Crippen molar-refractivity contribution in [2.24, 2.45) is 11.7 Å². The summed E-state index contributed by atoms with van der Waals surface area (Å²) in [5, 5.41) is 0. The summed E-state index contributed by atoms with van der Waals surface area (Å²) in [6.45, 7) is 2.04. The molecule has 0 spiro atoms. The Balaban J connectivity index is 0.00000264. The van der Waals surface area contributed by atoms with E-state index >= 15 is 0 Å². The van der Waals surface area contributed by atoms with Gasteiger partial charge in [0, 0.05) is 24.0 Å². The molecule has 1 aliphatic heterocycles. The topological polar surface area (TPSA) is 80.5 Å². The molecule has 2 rings (SSSR count). The van der Waals surface area contributed by atoms with Gasteiger partial charge in [0.1, 0.15) is 0 Å². The molecular formula is C15H22BrClN2O3S. The zero-order valence-electron chi connectivity index (χ0n) is 12.8. The van der Waals surface area contributed by atoms with E-state index in [0.717, 1.165) is 17.4 Å². The highest BCUT2D eigenvalue weighted by atomic mass is 79.9. The molecule has 1 unspecified atom stereocenters. The molecule has 1 fully saturated rings. The molecule has 1 aliphatic rings.